The summed E-state index contributed by atoms with van der Waals surface area (Å²) in [5, 5.41) is 2.38. The summed E-state index contributed by atoms with van der Waals surface area (Å²) in [6.07, 6.45) is 5.03. The molecule has 2 aromatic heterocycles. The fourth-order valence-corrected chi connectivity index (χ4v) is 2.96. The molecular weight excluding hydrogens is 320 g/mol. The van der Waals surface area contributed by atoms with Crippen LogP contribution < -0.4 is 0 Å². The van der Waals surface area contributed by atoms with Gasteiger partial charge < -0.3 is 4.90 Å². The van der Waals surface area contributed by atoms with E-state index in [1.54, 1.807) is 34.8 Å². The van der Waals surface area contributed by atoms with E-state index < -0.39 is 0 Å². The highest BCUT2D eigenvalue weighted by Gasteiger charge is 2.19. The lowest BCUT2D eigenvalue weighted by Crippen LogP contribution is -2.30. The van der Waals surface area contributed by atoms with Crippen LogP contribution in [0.1, 0.15) is 16.1 Å². The molecule has 0 saturated heterocycles. The maximum atomic E-state index is 12.8. The molecule has 0 aliphatic carbocycles. The Labute approximate surface area is 144 Å². The van der Waals surface area contributed by atoms with Crippen molar-refractivity contribution in [3.05, 3.63) is 78.1 Å². The molecule has 5 nitrogen and oxygen atoms in total. The van der Waals surface area contributed by atoms with Crippen LogP contribution in [0.4, 0.5) is 0 Å². The molecule has 3 rings (SSSR count). The van der Waals surface area contributed by atoms with Crippen molar-refractivity contribution < 1.29 is 4.79 Å². The first-order chi connectivity index (χ1) is 11.8. The molecule has 120 valence electrons. The molecule has 6 heteroatoms. The molecule has 0 aliphatic heterocycles. The summed E-state index contributed by atoms with van der Waals surface area (Å²) in [4.78, 5) is 27.2. The van der Waals surface area contributed by atoms with Crippen LogP contribution in [0.3, 0.4) is 0 Å². The minimum absolute atomic E-state index is 0.128. The number of carbonyl (C=O) groups is 1. The lowest BCUT2D eigenvalue weighted by atomic mass is 10.2. The molecule has 0 aliphatic rings. The van der Waals surface area contributed by atoms with Gasteiger partial charge in [0.1, 0.15) is 5.69 Å². The van der Waals surface area contributed by atoms with E-state index in [-0.39, 0.29) is 5.91 Å². The van der Waals surface area contributed by atoms with E-state index in [2.05, 4.69) is 21.5 Å². The third-order valence-corrected chi connectivity index (χ3v) is 4.17. The predicted molar refractivity (Wildman–Crippen MR) is 94.5 cm³/mol. The highest BCUT2D eigenvalue weighted by atomic mass is 32.1. The van der Waals surface area contributed by atoms with Crippen LogP contribution >= 0.6 is 11.3 Å². The highest BCUT2D eigenvalue weighted by Crippen LogP contribution is 2.21. The van der Waals surface area contributed by atoms with Gasteiger partial charge >= 0.3 is 0 Å². The van der Waals surface area contributed by atoms with Gasteiger partial charge in [-0.05, 0) is 11.6 Å². The van der Waals surface area contributed by atoms with Gasteiger partial charge in [0.2, 0.25) is 0 Å². The fourth-order valence-electron chi connectivity index (χ4n) is 2.23. The molecule has 0 bridgehead atoms. The normalized spacial score (nSPS) is 10.3. The van der Waals surface area contributed by atoms with Gasteiger partial charge in [-0.3, -0.25) is 4.79 Å². The SMILES string of the molecule is C=CCN(Cc1ccccc1)C(=O)c1csc(-c2ncccn2)n1. The van der Waals surface area contributed by atoms with Crippen molar-refractivity contribution in [3.8, 4) is 10.8 Å². The lowest BCUT2D eigenvalue weighted by molar-refractivity contribution is 0.0757. The van der Waals surface area contributed by atoms with Gasteiger partial charge in [0, 0.05) is 30.9 Å². The predicted octanol–water partition coefficient (Wildman–Crippen LogP) is 3.43. The van der Waals surface area contributed by atoms with Gasteiger partial charge in [-0.25, -0.2) is 15.0 Å². The zero-order chi connectivity index (χ0) is 16.8. The molecule has 0 spiro atoms. The molecule has 2 heterocycles. The number of aromatic nitrogens is 3. The number of benzene rings is 1. The molecule has 0 radical (unpaired) electrons. The van der Waals surface area contributed by atoms with E-state index in [9.17, 15) is 4.79 Å². The second kappa shape index (κ2) is 7.61. The van der Waals surface area contributed by atoms with Crippen molar-refractivity contribution in [2.24, 2.45) is 0 Å². The molecular formula is C18H16N4OS. The molecule has 1 amide bonds. The topological polar surface area (TPSA) is 59.0 Å². The zero-order valence-electron chi connectivity index (χ0n) is 13.0. The molecule has 0 N–H and O–H groups in total. The van der Waals surface area contributed by atoms with Crippen LogP contribution in [-0.2, 0) is 6.54 Å². The van der Waals surface area contributed by atoms with Crippen LogP contribution in [-0.4, -0.2) is 32.3 Å². The molecule has 24 heavy (non-hydrogen) atoms. The van der Waals surface area contributed by atoms with E-state index >= 15 is 0 Å². The number of hydrogen-bond acceptors (Lipinski definition) is 5. The quantitative estimate of drug-likeness (QED) is 0.647. The summed E-state index contributed by atoms with van der Waals surface area (Å²) >= 11 is 1.36. The Morgan fingerprint density at radius 1 is 1.17 bits per heavy atom. The van der Waals surface area contributed by atoms with Crippen LogP contribution in [0, 0.1) is 0 Å². The minimum atomic E-state index is -0.128. The molecule has 1 aromatic carbocycles. The first-order valence-electron chi connectivity index (χ1n) is 7.45. The number of thiazole rings is 1. The maximum Gasteiger partial charge on any atom is 0.273 e. The summed E-state index contributed by atoms with van der Waals surface area (Å²) in [6, 6.07) is 11.6. The monoisotopic (exact) mass is 336 g/mol. The Morgan fingerprint density at radius 3 is 2.62 bits per heavy atom. The van der Waals surface area contributed by atoms with Gasteiger partial charge in [-0.1, -0.05) is 36.4 Å². The number of hydrogen-bond donors (Lipinski definition) is 0. The van der Waals surface area contributed by atoms with Gasteiger partial charge in [0.25, 0.3) is 5.91 Å². The summed E-state index contributed by atoms with van der Waals surface area (Å²) in [5.74, 6) is 0.400. The summed E-state index contributed by atoms with van der Waals surface area (Å²) < 4.78 is 0. The first-order valence-corrected chi connectivity index (χ1v) is 8.33. The van der Waals surface area contributed by atoms with E-state index in [4.69, 9.17) is 0 Å². The van der Waals surface area contributed by atoms with Crippen molar-refractivity contribution in [1.29, 1.82) is 0 Å². The maximum absolute atomic E-state index is 12.8. The Morgan fingerprint density at radius 2 is 1.92 bits per heavy atom. The van der Waals surface area contributed by atoms with Gasteiger partial charge in [-0.2, -0.15) is 0 Å². The Kier molecular flexibility index (Phi) is 5.08. The van der Waals surface area contributed by atoms with Crippen LogP contribution in [0.15, 0.2) is 66.8 Å². The third kappa shape index (κ3) is 3.72. The smallest absolute Gasteiger partial charge is 0.273 e. The minimum Gasteiger partial charge on any atom is -0.329 e. The second-order valence-electron chi connectivity index (χ2n) is 5.07. The van der Waals surface area contributed by atoms with E-state index in [0.29, 0.717) is 29.6 Å². The molecule has 0 unspecified atom stereocenters. The summed E-state index contributed by atoms with van der Waals surface area (Å²) in [5.41, 5.74) is 1.47. The zero-order valence-corrected chi connectivity index (χ0v) is 13.8. The largest absolute Gasteiger partial charge is 0.329 e. The van der Waals surface area contributed by atoms with Crippen molar-refractivity contribution in [2.45, 2.75) is 6.54 Å². The average Bonchev–Trinajstić information content (AvgIpc) is 3.12. The number of amides is 1. The lowest BCUT2D eigenvalue weighted by Gasteiger charge is -2.20. The molecule has 0 atom stereocenters. The van der Waals surface area contributed by atoms with Crippen molar-refractivity contribution >= 4 is 17.2 Å². The van der Waals surface area contributed by atoms with E-state index in [0.717, 1.165) is 5.56 Å². The van der Waals surface area contributed by atoms with E-state index in [1.807, 2.05) is 30.3 Å². The highest BCUT2D eigenvalue weighted by molar-refractivity contribution is 7.13. The van der Waals surface area contributed by atoms with Crippen LogP contribution in [0.2, 0.25) is 0 Å². The molecule has 0 fully saturated rings. The van der Waals surface area contributed by atoms with Gasteiger partial charge in [0.15, 0.2) is 10.8 Å². The number of carbonyl (C=O) groups excluding carboxylic acids is 1. The van der Waals surface area contributed by atoms with Gasteiger partial charge in [-0.15, -0.1) is 17.9 Å². The van der Waals surface area contributed by atoms with Crippen LogP contribution in [0.5, 0.6) is 0 Å². The Balaban J connectivity index is 1.80. The van der Waals surface area contributed by atoms with Crippen molar-refractivity contribution in [2.75, 3.05) is 6.54 Å². The van der Waals surface area contributed by atoms with Crippen molar-refractivity contribution in [1.82, 2.24) is 19.9 Å². The average molecular weight is 336 g/mol. The Hall–Kier alpha value is -2.86. The molecule has 3 aromatic rings. The fraction of sp³-hybridized carbons (Fsp3) is 0.111. The summed E-state index contributed by atoms with van der Waals surface area (Å²) in [6.45, 7) is 4.71. The third-order valence-electron chi connectivity index (χ3n) is 3.33. The van der Waals surface area contributed by atoms with Crippen molar-refractivity contribution in [3.63, 3.8) is 0 Å². The standard InChI is InChI=1S/C18H16N4OS/c1-2-11-22(12-14-7-4-3-5-8-14)18(23)15-13-24-17(21-15)16-19-9-6-10-20-16/h2-10,13H,1,11-12H2. The van der Waals surface area contributed by atoms with Crippen LogP contribution in [0.25, 0.3) is 10.8 Å². The summed E-state index contributed by atoms with van der Waals surface area (Å²) in [7, 11) is 0. The Bertz CT molecular complexity index is 817. The number of rotatable bonds is 6. The molecule has 0 saturated carbocycles. The van der Waals surface area contributed by atoms with E-state index in [1.165, 1.54) is 11.3 Å². The van der Waals surface area contributed by atoms with Gasteiger partial charge in [0.05, 0.1) is 0 Å². The number of nitrogens with zero attached hydrogens (tertiary/aromatic N) is 4. The second-order valence-corrected chi connectivity index (χ2v) is 5.93. The first kappa shape index (κ1) is 16.0.